The van der Waals surface area contributed by atoms with Crippen molar-refractivity contribution in [3.05, 3.63) is 21.9 Å². The van der Waals surface area contributed by atoms with E-state index in [9.17, 15) is 4.79 Å². The van der Waals surface area contributed by atoms with Crippen molar-refractivity contribution in [2.24, 2.45) is 5.73 Å². The van der Waals surface area contributed by atoms with Crippen molar-refractivity contribution in [3.8, 4) is 0 Å². The van der Waals surface area contributed by atoms with Gasteiger partial charge in [0, 0.05) is 5.56 Å². The molecule has 0 aliphatic rings. The van der Waals surface area contributed by atoms with Crippen LogP contribution >= 0.6 is 11.3 Å². The van der Waals surface area contributed by atoms with Crippen molar-refractivity contribution >= 4 is 17.2 Å². The van der Waals surface area contributed by atoms with Crippen LogP contribution in [0.15, 0.2) is 11.4 Å². The number of carbonyl (C=O) groups is 1. The Balaban J connectivity index is 3.01. The summed E-state index contributed by atoms with van der Waals surface area (Å²) in [6.45, 7) is -0.123. The van der Waals surface area contributed by atoms with Gasteiger partial charge in [0.1, 0.15) is 0 Å². The molecule has 10 heavy (non-hydrogen) atoms. The minimum atomic E-state index is -0.473. The molecule has 0 saturated carbocycles. The average molecular weight is 157 g/mol. The number of rotatable bonds is 2. The number of aliphatic hydroxyl groups is 1. The number of hydrogen-bond donors (Lipinski definition) is 2. The molecule has 0 fully saturated rings. The fourth-order valence-electron chi connectivity index (χ4n) is 0.676. The minimum Gasteiger partial charge on any atom is -0.392 e. The second-order valence-corrected chi connectivity index (χ2v) is 2.71. The Kier molecular flexibility index (Phi) is 2.03. The van der Waals surface area contributed by atoms with Gasteiger partial charge in [-0.1, -0.05) is 0 Å². The summed E-state index contributed by atoms with van der Waals surface area (Å²) in [7, 11) is 0. The van der Waals surface area contributed by atoms with Crippen LogP contribution in [0.2, 0.25) is 0 Å². The van der Waals surface area contributed by atoms with Gasteiger partial charge in [0.05, 0.1) is 11.5 Å². The lowest BCUT2D eigenvalue weighted by Gasteiger charge is -1.92. The molecule has 1 aromatic rings. The minimum absolute atomic E-state index is 0.123. The Hall–Kier alpha value is -0.870. The van der Waals surface area contributed by atoms with Gasteiger partial charge in [-0.25, -0.2) is 0 Å². The highest BCUT2D eigenvalue weighted by molar-refractivity contribution is 7.12. The largest absolute Gasteiger partial charge is 0.392 e. The first-order valence-corrected chi connectivity index (χ1v) is 3.60. The first kappa shape index (κ1) is 7.24. The zero-order valence-corrected chi connectivity index (χ0v) is 6.02. The maximum atomic E-state index is 10.6. The molecule has 0 atom stereocenters. The molecule has 3 nitrogen and oxygen atoms in total. The smallest absolute Gasteiger partial charge is 0.259 e. The van der Waals surface area contributed by atoms with Crippen LogP contribution in [0.25, 0.3) is 0 Å². The van der Waals surface area contributed by atoms with Gasteiger partial charge in [0.25, 0.3) is 5.91 Å². The summed E-state index contributed by atoms with van der Waals surface area (Å²) in [6, 6.07) is 1.69. The number of aliphatic hydroxyl groups excluding tert-OH is 1. The summed E-state index contributed by atoms with van der Waals surface area (Å²) >= 11 is 1.25. The topological polar surface area (TPSA) is 63.3 Å². The van der Waals surface area contributed by atoms with Gasteiger partial charge in [0.15, 0.2) is 0 Å². The molecule has 1 rings (SSSR count). The Morgan fingerprint density at radius 2 is 2.50 bits per heavy atom. The molecule has 0 unspecified atom stereocenters. The lowest BCUT2D eigenvalue weighted by Crippen LogP contribution is -2.10. The van der Waals surface area contributed by atoms with Crippen molar-refractivity contribution in [1.29, 1.82) is 0 Å². The predicted octanol–water partition coefficient (Wildman–Crippen LogP) is 0.339. The van der Waals surface area contributed by atoms with Crippen LogP contribution in [0.5, 0.6) is 0 Å². The standard InChI is InChI=1S/C6H7NO2S/c7-6(9)5-4(3-8)1-2-10-5/h1-2,8H,3H2,(H2,7,9). The fraction of sp³-hybridized carbons (Fsp3) is 0.167. The third-order valence-corrected chi connectivity index (χ3v) is 2.11. The second kappa shape index (κ2) is 2.81. The summed E-state index contributed by atoms with van der Waals surface area (Å²) in [5, 5.41) is 10.4. The van der Waals surface area contributed by atoms with Crippen molar-refractivity contribution in [2.75, 3.05) is 0 Å². The van der Waals surface area contributed by atoms with Crippen molar-refractivity contribution in [2.45, 2.75) is 6.61 Å². The third-order valence-electron chi connectivity index (χ3n) is 1.14. The zero-order valence-electron chi connectivity index (χ0n) is 5.20. The number of carbonyl (C=O) groups excluding carboxylic acids is 1. The maximum absolute atomic E-state index is 10.6. The van der Waals surface area contributed by atoms with E-state index >= 15 is 0 Å². The van der Waals surface area contributed by atoms with Crippen LogP contribution in [0.3, 0.4) is 0 Å². The Labute approximate surface area is 62.1 Å². The molecule has 0 aromatic carbocycles. The number of hydrogen-bond acceptors (Lipinski definition) is 3. The molecule has 0 bridgehead atoms. The Morgan fingerprint density at radius 1 is 1.80 bits per heavy atom. The SMILES string of the molecule is NC(=O)c1sccc1CO. The van der Waals surface area contributed by atoms with E-state index in [1.165, 1.54) is 11.3 Å². The molecule has 0 aliphatic carbocycles. The molecule has 1 heterocycles. The normalized spacial score (nSPS) is 9.70. The van der Waals surface area contributed by atoms with Crippen LogP contribution in [-0.2, 0) is 6.61 Å². The summed E-state index contributed by atoms with van der Waals surface area (Å²) in [4.78, 5) is 11.0. The van der Waals surface area contributed by atoms with E-state index in [4.69, 9.17) is 10.8 Å². The highest BCUT2D eigenvalue weighted by atomic mass is 32.1. The van der Waals surface area contributed by atoms with Gasteiger partial charge in [-0.2, -0.15) is 0 Å². The number of nitrogens with two attached hydrogens (primary N) is 1. The van der Waals surface area contributed by atoms with Gasteiger partial charge in [-0.15, -0.1) is 11.3 Å². The van der Waals surface area contributed by atoms with E-state index in [0.717, 1.165) is 0 Å². The van der Waals surface area contributed by atoms with Crippen LogP contribution in [0, 0.1) is 0 Å². The van der Waals surface area contributed by atoms with Gasteiger partial charge < -0.3 is 10.8 Å². The molecule has 3 N–H and O–H groups in total. The summed E-state index contributed by atoms with van der Waals surface area (Å²) < 4.78 is 0. The first-order valence-electron chi connectivity index (χ1n) is 2.72. The highest BCUT2D eigenvalue weighted by Crippen LogP contribution is 2.15. The van der Waals surface area contributed by atoms with E-state index in [1.54, 1.807) is 11.4 Å². The molecular formula is C6H7NO2S. The number of thiophene rings is 1. The van der Waals surface area contributed by atoms with Gasteiger partial charge in [-0.3, -0.25) is 4.79 Å². The molecule has 4 heteroatoms. The highest BCUT2D eigenvalue weighted by Gasteiger charge is 2.07. The van der Waals surface area contributed by atoms with Crippen LogP contribution in [0.1, 0.15) is 15.2 Å². The molecule has 0 spiro atoms. The first-order chi connectivity index (χ1) is 4.75. The van der Waals surface area contributed by atoms with Crippen molar-refractivity contribution in [1.82, 2.24) is 0 Å². The van der Waals surface area contributed by atoms with Gasteiger partial charge in [-0.05, 0) is 11.4 Å². The maximum Gasteiger partial charge on any atom is 0.259 e. The fourth-order valence-corrected chi connectivity index (χ4v) is 1.44. The zero-order chi connectivity index (χ0) is 7.56. The number of primary amides is 1. The second-order valence-electron chi connectivity index (χ2n) is 1.80. The molecule has 0 aliphatic heterocycles. The van der Waals surface area contributed by atoms with E-state index in [2.05, 4.69) is 0 Å². The molecule has 54 valence electrons. The monoisotopic (exact) mass is 157 g/mol. The van der Waals surface area contributed by atoms with Gasteiger partial charge >= 0.3 is 0 Å². The van der Waals surface area contributed by atoms with Crippen LogP contribution < -0.4 is 5.73 Å². The summed E-state index contributed by atoms with van der Waals surface area (Å²) in [5.41, 5.74) is 5.60. The predicted molar refractivity (Wildman–Crippen MR) is 38.8 cm³/mol. The quantitative estimate of drug-likeness (QED) is 0.650. The van der Waals surface area contributed by atoms with Crippen LogP contribution in [0.4, 0.5) is 0 Å². The summed E-state index contributed by atoms with van der Waals surface area (Å²) in [6.07, 6.45) is 0. The van der Waals surface area contributed by atoms with E-state index in [1.807, 2.05) is 0 Å². The van der Waals surface area contributed by atoms with Crippen molar-refractivity contribution < 1.29 is 9.90 Å². The van der Waals surface area contributed by atoms with E-state index in [-0.39, 0.29) is 6.61 Å². The number of amides is 1. The van der Waals surface area contributed by atoms with Crippen molar-refractivity contribution in [3.63, 3.8) is 0 Å². The Morgan fingerprint density at radius 3 is 2.90 bits per heavy atom. The van der Waals surface area contributed by atoms with Crippen LogP contribution in [-0.4, -0.2) is 11.0 Å². The van der Waals surface area contributed by atoms with Gasteiger partial charge in [0.2, 0.25) is 0 Å². The van der Waals surface area contributed by atoms with E-state index < -0.39 is 5.91 Å². The molecule has 0 radical (unpaired) electrons. The third kappa shape index (κ3) is 1.17. The van der Waals surface area contributed by atoms with E-state index in [0.29, 0.717) is 10.4 Å². The Bertz CT molecular complexity index is 244. The lowest BCUT2D eigenvalue weighted by atomic mass is 10.3. The molecule has 0 saturated heterocycles. The molecule has 1 amide bonds. The lowest BCUT2D eigenvalue weighted by molar-refractivity contribution is 0.100. The average Bonchev–Trinajstić information content (AvgIpc) is 2.33. The summed E-state index contributed by atoms with van der Waals surface area (Å²) in [5.74, 6) is -0.473. The molecule has 1 aromatic heterocycles. The molecular weight excluding hydrogens is 150 g/mol.